The number of hydrogen-bond acceptors (Lipinski definition) is 5. The van der Waals surface area contributed by atoms with Crippen molar-refractivity contribution < 1.29 is 14.7 Å². The Kier molecular flexibility index (Phi) is 3.68. The molecule has 3 aromatic rings. The highest BCUT2D eigenvalue weighted by Crippen LogP contribution is 2.24. The summed E-state index contributed by atoms with van der Waals surface area (Å²) in [7, 11) is 0. The molecule has 9 heteroatoms. The highest BCUT2D eigenvalue weighted by molar-refractivity contribution is 6.03. The van der Waals surface area contributed by atoms with Gasteiger partial charge in [-0.3, -0.25) is 9.48 Å². The van der Waals surface area contributed by atoms with Gasteiger partial charge in [-0.05, 0) is 18.9 Å². The number of pyridine rings is 1. The smallest absolute Gasteiger partial charge is 0.338 e. The molecule has 1 fully saturated rings. The first-order valence-corrected chi connectivity index (χ1v) is 7.98. The van der Waals surface area contributed by atoms with Gasteiger partial charge in [0.25, 0.3) is 5.91 Å². The summed E-state index contributed by atoms with van der Waals surface area (Å²) in [4.78, 5) is 36.7. The molecule has 1 aliphatic heterocycles. The van der Waals surface area contributed by atoms with E-state index in [0.717, 1.165) is 12.8 Å². The third-order valence-electron chi connectivity index (χ3n) is 4.53. The number of H-pyrrole nitrogens is 1. The van der Waals surface area contributed by atoms with E-state index in [0.29, 0.717) is 29.8 Å². The Labute approximate surface area is 142 Å². The molecule has 0 saturated carbocycles. The highest BCUT2D eigenvalue weighted by atomic mass is 16.4. The van der Waals surface area contributed by atoms with Crippen molar-refractivity contribution in [1.82, 2.24) is 29.6 Å². The summed E-state index contributed by atoms with van der Waals surface area (Å²) in [6.45, 7) is 1.17. The molecule has 0 atom stereocenters. The number of aromatic carboxylic acids is 1. The monoisotopic (exact) mass is 340 g/mol. The van der Waals surface area contributed by atoms with Gasteiger partial charge >= 0.3 is 5.97 Å². The number of amides is 1. The number of likely N-dealkylation sites (tertiary alicyclic amines) is 1. The molecular formula is C16H16N6O3. The Bertz CT molecular complexity index is 938. The van der Waals surface area contributed by atoms with Crippen molar-refractivity contribution in [3.63, 3.8) is 0 Å². The van der Waals surface area contributed by atoms with Gasteiger partial charge in [-0.1, -0.05) is 0 Å². The normalized spacial score (nSPS) is 15.6. The fraction of sp³-hybridized carbons (Fsp3) is 0.312. The van der Waals surface area contributed by atoms with E-state index in [-0.39, 0.29) is 17.5 Å². The first kappa shape index (κ1) is 15.3. The molecule has 4 heterocycles. The predicted octanol–water partition coefficient (Wildman–Crippen LogP) is 1.33. The zero-order valence-electron chi connectivity index (χ0n) is 13.3. The van der Waals surface area contributed by atoms with E-state index in [1.54, 1.807) is 28.0 Å². The molecule has 0 spiro atoms. The Hall–Kier alpha value is -3.23. The molecule has 0 bridgehead atoms. The average molecular weight is 340 g/mol. The largest absolute Gasteiger partial charge is 0.478 e. The van der Waals surface area contributed by atoms with Crippen molar-refractivity contribution in [3.05, 3.63) is 42.1 Å². The molecule has 3 aromatic heterocycles. The zero-order valence-corrected chi connectivity index (χ0v) is 13.3. The number of rotatable bonds is 3. The number of hydrogen-bond donors (Lipinski definition) is 2. The van der Waals surface area contributed by atoms with Gasteiger partial charge in [-0.25, -0.2) is 14.8 Å². The van der Waals surface area contributed by atoms with Crippen molar-refractivity contribution in [2.75, 3.05) is 13.1 Å². The van der Waals surface area contributed by atoms with Gasteiger partial charge in [0, 0.05) is 25.5 Å². The van der Waals surface area contributed by atoms with Gasteiger partial charge in [0.05, 0.1) is 35.2 Å². The van der Waals surface area contributed by atoms with E-state index in [2.05, 4.69) is 20.1 Å². The molecule has 25 heavy (non-hydrogen) atoms. The van der Waals surface area contributed by atoms with Crippen molar-refractivity contribution in [2.45, 2.75) is 18.9 Å². The molecule has 128 valence electrons. The summed E-state index contributed by atoms with van der Waals surface area (Å²) in [5.41, 5.74) is 1.91. The number of aromatic amines is 1. The fourth-order valence-corrected chi connectivity index (χ4v) is 3.18. The van der Waals surface area contributed by atoms with Crippen LogP contribution in [0.1, 0.15) is 39.6 Å². The lowest BCUT2D eigenvalue weighted by molar-refractivity contribution is 0.0689. The predicted molar refractivity (Wildman–Crippen MR) is 87.2 cm³/mol. The molecule has 1 amide bonds. The Morgan fingerprint density at radius 2 is 2.04 bits per heavy atom. The van der Waals surface area contributed by atoms with Crippen molar-refractivity contribution in [1.29, 1.82) is 0 Å². The van der Waals surface area contributed by atoms with Gasteiger partial charge in [-0.15, -0.1) is 0 Å². The fourth-order valence-electron chi connectivity index (χ4n) is 3.18. The van der Waals surface area contributed by atoms with E-state index >= 15 is 0 Å². The first-order valence-electron chi connectivity index (χ1n) is 7.98. The number of fused-ring (bicyclic) bond motifs is 1. The Morgan fingerprint density at radius 3 is 2.76 bits per heavy atom. The van der Waals surface area contributed by atoms with Crippen LogP contribution in [-0.4, -0.2) is 59.7 Å². The second-order valence-electron chi connectivity index (χ2n) is 6.00. The molecule has 4 rings (SSSR count). The van der Waals surface area contributed by atoms with Crippen LogP contribution in [0.5, 0.6) is 0 Å². The van der Waals surface area contributed by atoms with Crippen LogP contribution >= 0.6 is 0 Å². The number of piperidine rings is 1. The summed E-state index contributed by atoms with van der Waals surface area (Å²) < 4.78 is 1.69. The van der Waals surface area contributed by atoms with Crippen molar-refractivity contribution in [2.24, 2.45) is 0 Å². The first-order chi connectivity index (χ1) is 12.1. The number of carboxylic acids is 1. The summed E-state index contributed by atoms with van der Waals surface area (Å²) in [6.07, 6.45) is 7.46. The number of nitrogens with zero attached hydrogens (tertiary/aromatic N) is 5. The standard InChI is InChI=1S/C16H16N6O3/c23-15(12-1-4-17-14-13(12)18-9-19-14)21-5-2-11(3-6-21)22-8-10(7-20-22)16(24)25/h1,4,7-9,11H,2-3,5-6H2,(H,24,25)(H,17,18,19). The molecule has 1 saturated heterocycles. The van der Waals surface area contributed by atoms with Crippen LogP contribution in [0.4, 0.5) is 0 Å². The van der Waals surface area contributed by atoms with E-state index in [9.17, 15) is 9.59 Å². The summed E-state index contributed by atoms with van der Waals surface area (Å²) >= 11 is 0. The van der Waals surface area contributed by atoms with Crippen molar-refractivity contribution >= 4 is 23.0 Å². The topological polar surface area (TPSA) is 117 Å². The number of imidazole rings is 1. The van der Waals surface area contributed by atoms with Gasteiger partial charge in [-0.2, -0.15) is 5.10 Å². The van der Waals surface area contributed by atoms with Crippen LogP contribution in [0.15, 0.2) is 31.0 Å². The molecule has 1 aliphatic rings. The van der Waals surface area contributed by atoms with Crippen LogP contribution in [0.3, 0.4) is 0 Å². The van der Waals surface area contributed by atoms with Crippen LogP contribution in [-0.2, 0) is 0 Å². The lowest BCUT2D eigenvalue weighted by Crippen LogP contribution is -2.39. The minimum Gasteiger partial charge on any atom is -0.478 e. The molecular weight excluding hydrogens is 324 g/mol. The molecule has 9 nitrogen and oxygen atoms in total. The van der Waals surface area contributed by atoms with Crippen molar-refractivity contribution in [3.8, 4) is 0 Å². The van der Waals surface area contributed by atoms with E-state index in [4.69, 9.17) is 5.11 Å². The van der Waals surface area contributed by atoms with Crippen LogP contribution in [0, 0.1) is 0 Å². The van der Waals surface area contributed by atoms with E-state index in [1.807, 2.05) is 0 Å². The van der Waals surface area contributed by atoms with E-state index < -0.39 is 5.97 Å². The van der Waals surface area contributed by atoms with Crippen LogP contribution in [0.25, 0.3) is 11.2 Å². The highest BCUT2D eigenvalue weighted by Gasteiger charge is 2.26. The number of aromatic nitrogens is 5. The minimum atomic E-state index is -0.986. The Balaban J connectivity index is 1.47. The van der Waals surface area contributed by atoms with Gasteiger partial charge < -0.3 is 15.0 Å². The third-order valence-corrected chi connectivity index (χ3v) is 4.53. The van der Waals surface area contributed by atoms with Crippen LogP contribution < -0.4 is 0 Å². The van der Waals surface area contributed by atoms with Gasteiger partial charge in [0.15, 0.2) is 5.65 Å². The maximum Gasteiger partial charge on any atom is 0.338 e. The molecule has 0 unspecified atom stereocenters. The molecule has 0 radical (unpaired) electrons. The quantitative estimate of drug-likeness (QED) is 0.743. The van der Waals surface area contributed by atoms with Gasteiger partial charge in [0.2, 0.25) is 0 Å². The van der Waals surface area contributed by atoms with Gasteiger partial charge in [0.1, 0.15) is 0 Å². The summed E-state index contributed by atoms with van der Waals surface area (Å²) in [5, 5.41) is 13.1. The van der Waals surface area contributed by atoms with Crippen LogP contribution in [0.2, 0.25) is 0 Å². The SMILES string of the molecule is O=C(O)c1cnn(C2CCN(C(=O)c3ccnc4nc[nH]c34)CC2)c1. The lowest BCUT2D eigenvalue weighted by atomic mass is 10.0. The average Bonchev–Trinajstić information content (AvgIpc) is 3.30. The summed E-state index contributed by atoms with van der Waals surface area (Å²) in [6, 6.07) is 1.79. The maximum absolute atomic E-state index is 12.8. The number of carbonyl (C=O) groups is 2. The molecule has 2 N–H and O–H groups in total. The van der Waals surface area contributed by atoms with E-state index in [1.165, 1.54) is 12.5 Å². The molecule has 0 aromatic carbocycles. The minimum absolute atomic E-state index is 0.0539. The summed E-state index contributed by atoms with van der Waals surface area (Å²) in [5.74, 6) is -1.04. The Morgan fingerprint density at radius 1 is 1.24 bits per heavy atom. The second kappa shape index (κ2) is 6.00. The zero-order chi connectivity index (χ0) is 17.4. The third kappa shape index (κ3) is 2.73. The number of carbonyl (C=O) groups excluding carboxylic acids is 1. The number of carboxylic acid groups (broad SMARTS) is 1. The number of nitrogens with one attached hydrogen (secondary N) is 1. The second-order valence-corrected chi connectivity index (χ2v) is 6.00. The molecule has 0 aliphatic carbocycles. The lowest BCUT2D eigenvalue weighted by Gasteiger charge is -2.32. The maximum atomic E-state index is 12.8.